The summed E-state index contributed by atoms with van der Waals surface area (Å²) in [5.74, 6) is 2.99. The maximum atomic E-state index is 13.8. The van der Waals surface area contributed by atoms with Crippen LogP contribution in [0, 0.1) is 11.8 Å². The lowest BCUT2D eigenvalue weighted by atomic mass is 9.79. The summed E-state index contributed by atoms with van der Waals surface area (Å²) in [5.41, 5.74) is 1.96. The second kappa shape index (κ2) is 8.22. The lowest BCUT2D eigenvalue weighted by Gasteiger charge is -2.54. The van der Waals surface area contributed by atoms with Crippen LogP contribution in [0.1, 0.15) is 62.0 Å². The van der Waals surface area contributed by atoms with Gasteiger partial charge in [-0.05, 0) is 30.9 Å². The number of hydrogen-bond donors (Lipinski definition) is 1. The highest BCUT2D eigenvalue weighted by molar-refractivity contribution is 5.89. The Labute approximate surface area is 191 Å². The Bertz CT molecular complexity index is 943. The van der Waals surface area contributed by atoms with Crippen molar-refractivity contribution in [1.29, 1.82) is 0 Å². The highest BCUT2D eigenvalue weighted by Crippen LogP contribution is 2.44. The lowest BCUT2D eigenvalue weighted by molar-refractivity contribution is -0.946. The highest BCUT2D eigenvalue weighted by atomic mass is 16.5. The van der Waals surface area contributed by atoms with Crippen LogP contribution in [0.5, 0.6) is 11.5 Å². The Kier molecular flexibility index (Phi) is 5.21. The number of hydrogen-bond acceptors (Lipinski definition) is 2. The van der Waals surface area contributed by atoms with Crippen LogP contribution >= 0.6 is 0 Å². The van der Waals surface area contributed by atoms with Gasteiger partial charge in [-0.15, -0.1) is 0 Å². The second-order valence-electron chi connectivity index (χ2n) is 10.7. The molecule has 1 aliphatic carbocycles. The van der Waals surface area contributed by atoms with E-state index in [1.165, 1.54) is 69.1 Å². The first-order valence-electron chi connectivity index (χ1n) is 12.7. The molecule has 1 saturated carbocycles. The number of piperidine rings is 3. The lowest BCUT2D eigenvalue weighted by Crippen LogP contribution is -2.68. The van der Waals surface area contributed by atoms with E-state index in [2.05, 4.69) is 5.32 Å². The molecule has 2 aromatic carbocycles. The third kappa shape index (κ3) is 3.63. The summed E-state index contributed by atoms with van der Waals surface area (Å²) in [6.07, 6.45) is 9.60. The van der Waals surface area contributed by atoms with Crippen LogP contribution < -0.4 is 10.1 Å². The van der Waals surface area contributed by atoms with Gasteiger partial charge in [-0.1, -0.05) is 55.7 Å². The first-order valence-corrected chi connectivity index (χ1v) is 12.7. The van der Waals surface area contributed by atoms with E-state index in [0.29, 0.717) is 12.0 Å². The van der Waals surface area contributed by atoms with Crippen LogP contribution in [-0.4, -0.2) is 42.6 Å². The Balaban J connectivity index is 1.23. The summed E-state index contributed by atoms with van der Waals surface area (Å²) < 4.78 is 7.36. The predicted molar refractivity (Wildman–Crippen MR) is 126 cm³/mol. The molecule has 5 aliphatic rings. The zero-order valence-electron chi connectivity index (χ0n) is 19.0. The first-order chi connectivity index (χ1) is 15.7. The molecule has 4 heterocycles. The van der Waals surface area contributed by atoms with Crippen LogP contribution in [-0.2, 0) is 4.79 Å². The monoisotopic (exact) mass is 431 g/mol. The molecular formula is C28H35N2O2+. The molecule has 2 aromatic rings. The van der Waals surface area contributed by atoms with E-state index in [0.717, 1.165) is 35.1 Å². The highest BCUT2D eigenvalue weighted by Gasteiger charge is 2.48. The molecule has 3 saturated heterocycles. The number of quaternary nitrogens is 1. The van der Waals surface area contributed by atoms with E-state index in [-0.39, 0.29) is 11.8 Å². The molecule has 0 radical (unpaired) electrons. The molecule has 4 fully saturated rings. The molecule has 1 atom stereocenters. The number of para-hydroxylation sites is 2. The van der Waals surface area contributed by atoms with Crippen molar-refractivity contribution in [3.05, 3.63) is 59.7 Å². The molecule has 4 aliphatic heterocycles. The number of rotatable bonds is 4. The number of carbonyl (C=O) groups is 1. The maximum absolute atomic E-state index is 13.8. The van der Waals surface area contributed by atoms with Gasteiger partial charge in [0.1, 0.15) is 11.5 Å². The van der Waals surface area contributed by atoms with Gasteiger partial charge in [0.15, 0.2) is 0 Å². The van der Waals surface area contributed by atoms with Crippen molar-refractivity contribution < 1.29 is 14.0 Å². The summed E-state index contributed by atoms with van der Waals surface area (Å²) in [6.45, 7) is 5.09. The van der Waals surface area contributed by atoms with Crippen LogP contribution in [0.4, 0.5) is 0 Å². The molecular weight excluding hydrogens is 396 g/mol. The number of nitrogens with one attached hydrogen (secondary N) is 1. The molecule has 32 heavy (non-hydrogen) atoms. The van der Waals surface area contributed by atoms with E-state index in [1.54, 1.807) is 0 Å². The van der Waals surface area contributed by atoms with Gasteiger partial charge in [0.25, 0.3) is 0 Å². The second-order valence-corrected chi connectivity index (χ2v) is 10.7. The largest absolute Gasteiger partial charge is 0.457 e. The quantitative estimate of drug-likeness (QED) is 0.673. The van der Waals surface area contributed by atoms with Crippen LogP contribution in [0.2, 0.25) is 0 Å². The van der Waals surface area contributed by atoms with E-state index < -0.39 is 0 Å². The Morgan fingerprint density at radius 1 is 0.875 bits per heavy atom. The van der Waals surface area contributed by atoms with Crippen molar-refractivity contribution in [3.63, 3.8) is 0 Å². The third-order valence-corrected chi connectivity index (χ3v) is 8.74. The van der Waals surface area contributed by atoms with Crippen molar-refractivity contribution in [2.24, 2.45) is 11.8 Å². The molecule has 4 heteroatoms. The fourth-order valence-electron chi connectivity index (χ4n) is 7.08. The Morgan fingerprint density at radius 2 is 1.50 bits per heavy atom. The molecule has 0 aromatic heterocycles. The summed E-state index contributed by atoms with van der Waals surface area (Å²) >= 11 is 0. The number of benzene rings is 2. The zero-order chi connectivity index (χ0) is 21.5. The van der Waals surface area contributed by atoms with Crippen molar-refractivity contribution in [3.8, 4) is 11.5 Å². The number of fused-ring (bicyclic) bond motifs is 5. The Morgan fingerprint density at radius 3 is 2.16 bits per heavy atom. The minimum atomic E-state index is -0.293. The SMILES string of the molecule is O=C(N[C@@H]1C[N+]2(CC3CCCCC3)CCC1CC2)C1c2ccccc2Oc2ccccc21. The van der Waals surface area contributed by atoms with Gasteiger partial charge in [0.2, 0.25) is 5.91 Å². The average molecular weight is 432 g/mol. The molecule has 0 unspecified atom stereocenters. The molecule has 7 rings (SSSR count). The van der Waals surface area contributed by atoms with Crippen molar-refractivity contribution in [2.45, 2.75) is 56.9 Å². The fourth-order valence-corrected chi connectivity index (χ4v) is 7.08. The van der Waals surface area contributed by atoms with Crippen LogP contribution in [0.3, 0.4) is 0 Å². The number of nitrogens with zero attached hydrogens (tertiary/aromatic N) is 1. The smallest absolute Gasteiger partial charge is 0.232 e. The molecule has 2 bridgehead atoms. The minimum absolute atomic E-state index is 0.141. The van der Waals surface area contributed by atoms with E-state index in [9.17, 15) is 4.79 Å². The number of amides is 1. The molecule has 0 spiro atoms. The zero-order valence-corrected chi connectivity index (χ0v) is 19.0. The Hall–Kier alpha value is -2.33. The van der Waals surface area contributed by atoms with Gasteiger partial charge in [-0.2, -0.15) is 0 Å². The van der Waals surface area contributed by atoms with Crippen LogP contribution in [0.15, 0.2) is 48.5 Å². The third-order valence-electron chi connectivity index (χ3n) is 8.74. The van der Waals surface area contributed by atoms with Gasteiger partial charge in [0.05, 0.1) is 38.1 Å². The fraction of sp³-hybridized carbons (Fsp3) is 0.536. The van der Waals surface area contributed by atoms with Crippen molar-refractivity contribution in [1.82, 2.24) is 5.32 Å². The first kappa shape index (κ1) is 20.3. The molecule has 1 N–H and O–H groups in total. The van der Waals surface area contributed by atoms with Crippen molar-refractivity contribution >= 4 is 5.91 Å². The van der Waals surface area contributed by atoms with E-state index in [1.807, 2.05) is 48.5 Å². The number of carbonyl (C=O) groups excluding carboxylic acids is 1. The minimum Gasteiger partial charge on any atom is -0.457 e. The van der Waals surface area contributed by atoms with Crippen molar-refractivity contribution in [2.75, 3.05) is 26.2 Å². The molecule has 168 valence electrons. The van der Waals surface area contributed by atoms with E-state index >= 15 is 0 Å². The van der Waals surface area contributed by atoms with Crippen LogP contribution in [0.25, 0.3) is 0 Å². The summed E-state index contributed by atoms with van der Waals surface area (Å²) in [5, 5.41) is 3.55. The molecule has 4 nitrogen and oxygen atoms in total. The summed E-state index contributed by atoms with van der Waals surface area (Å²) in [7, 11) is 0. The topological polar surface area (TPSA) is 38.3 Å². The standard InChI is InChI=1S/C28H34N2O2/c31-28(27-22-10-4-6-12-25(22)32-26-13-7-5-11-23(26)27)29-24-19-30(16-14-21(24)15-17-30)18-20-8-2-1-3-9-20/h4-7,10-13,20-21,24,27H,1-3,8-9,14-19H2/p+1/t21?,24-,30?/m1/s1. The van der Waals surface area contributed by atoms with Gasteiger partial charge < -0.3 is 14.5 Å². The summed E-state index contributed by atoms with van der Waals surface area (Å²) in [6, 6.07) is 16.3. The van der Waals surface area contributed by atoms with Gasteiger partial charge in [-0.3, -0.25) is 4.79 Å². The average Bonchev–Trinajstić information content (AvgIpc) is 2.83. The predicted octanol–water partition coefficient (Wildman–Crippen LogP) is 5.23. The normalized spacial score (nSPS) is 29.6. The number of ether oxygens (including phenoxy) is 1. The molecule has 1 amide bonds. The summed E-state index contributed by atoms with van der Waals surface area (Å²) in [4.78, 5) is 13.8. The van der Waals surface area contributed by atoms with Gasteiger partial charge in [0, 0.05) is 29.9 Å². The van der Waals surface area contributed by atoms with E-state index in [4.69, 9.17) is 4.74 Å². The van der Waals surface area contributed by atoms with Gasteiger partial charge >= 0.3 is 0 Å². The maximum Gasteiger partial charge on any atom is 0.232 e. The van der Waals surface area contributed by atoms with Gasteiger partial charge in [-0.25, -0.2) is 0 Å².